The van der Waals surface area contributed by atoms with Gasteiger partial charge in [0.25, 0.3) is 5.91 Å². The first-order chi connectivity index (χ1) is 9.61. The number of hydrogen-bond acceptors (Lipinski definition) is 6. The largest absolute Gasteiger partial charge is 0.351 e. The standard InChI is InChI=1S/C12H14BrN5OS/c1-7(12-15-2-3-20-12)5-17-11(19)9-4-8(13)6-16-10(9)18-14/h2-4,6-7H,5,14H2,1H3,(H,16,18)(H,17,19). The van der Waals surface area contributed by atoms with E-state index in [1.807, 2.05) is 12.3 Å². The zero-order valence-electron chi connectivity index (χ0n) is 10.8. The van der Waals surface area contributed by atoms with E-state index in [-0.39, 0.29) is 11.8 Å². The Labute approximate surface area is 128 Å². The molecule has 1 unspecified atom stereocenters. The number of hydrogen-bond donors (Lipinski definition) is 3. The number of carbonyl (C=O) groups is 1. The Hall–Kier alpha value is -1.51. The highest BCUT2D eigenvalue weighted by Gasteiger charge is 2.15. The summed E-state index contributed by atoms with van der Waals surface area (Å²) < 4.78 is 0.717. The number of thiazole rings is 1. The van der Waals surface area contributed by atoms with Crippen LogP contribution in [0.4, 0.5) is 5.82 Å². The maximum Gasteiger partial charge on any atom is 0.255 e. The first-order valence-corrected chi connectivity index (χ1v) is 7.59. The van der Waals surface area contributed by atoms with Crippen LogP contribution in [-0.2, 0) is 0 Å². The van der Waals surface area contributed by atoms with Gasteiger partial charge >= 0.3 is 0 Å². The minimum atomic E-state index is -0.227. The number of hydrazine groups is 1. The van der Waals surface area contributed by atoms with Gasteiger partial charge in [0.05, 0.1) is 10.6 Å². The molecular weight excluding hydrogens is 342 g/mol. The number of amides is 1. The van der Waals surface area contributed by atoms with Gasteiger partial charge in [0, 0.05) is 34.7 Å². The number of rotatable bonds is 5. The molecule has 0 saturated heterocycles. The zero-order chi connectivity index (χ0) is 14.5. The molecule has 2 heterocycles. The van der Waals surface area contributed by atoms with Crippen molar-refractivity contribution >= 4 is 39.0 Å². The van der Waals surface area contributed by atoms with Gasteiger partial charge in [0.2, 0.25) is 0 Å². The van der Waals surface area contributed by atoms with Crippen molar-refractivity contribution in [3.63, 3.8) is 0 Å². The predicted molar refractivity (Wildman–Crippen MR) is 82.6 cm³/mol. The molecular formula is C12H14BrN5OS. The molecule has 6 nitrogen and oxygen atoms in total. The third kappa shape index (κ3) is 3.53. The number of anilines is 1. The maximum atomic E-state index is 12.2. The van der Waals surface area contributed by atoms with Gasteiger partial charge in [0.15, 0.2) is 5.82 Å². The first-order valence-electron chi connectivity index (χ1n) is 5.91. The first kappa shape index (κ1) is 14.9. The van der Waals surface area contributed by atoms with Crippen LogP contribution in [0.25, 0.3) is 0 Å². The molecule has 0 aliphatic carbocycles. The highest BCUT2D eigenvalue weighted by molar-refractivity contribution is 9.10. The molecule has 0 spiro atoms. The molecule has 20 heavy (non-hydrogen) atoms. The van der Waals surface area contributed by atoms with Gasteiger partial charge < -0.3 is 10.7 Å². The molecule has 1 amide bonds. The fraction of sp³-hybridized carbons (Fsp3) is 0.250. The van der Waals surface area contributed by atoms with Crippen molar-refractivity contribution in [1.29, 1.82) is 0 Å². The second-order valence-corrected chi connectivity index (χ2v) is 6.02. The Morgan fingerprint density at radius 3 is 3.00 bits per heavy atom. The smallest absolute Gasteiger partial charge is 0.255 e. The van der Waals surface area contributed by atoms with Crippen molar-refractivity contribution in [2.24, 2.45) is 5.84 Å². The highest BCUT2D eigenvalue weighted by Crippen LogP contribution is 2.19. The summed E-state index contributed by atoms with van der Waals surface area (Å²) in [4.78, 5) is 20.4. The van der Waals surface area contributed by atoms with E-state index < -0.39 is 0 Å². The number of pyridine rings is 1. The number of nitrogens with two attached hydrogens (primary N) is 1. The summed E-state index contributed by atoms with van der Waals surface area (Å²) in [5.41, 5.74) is 2.81. The number of aromatic nitrogens is 2. The quantitative estimate of drug-likeness (QED) is 0.564. The summed E-state index contributed by atoms with van der Waals surface area (Å²) in [6, 6.07) is 1.67. The predicted octanol–water partition coefficient (Wildman–Crippen LogP) is 2.12. The summed E-state index contributed by atoms with van der Waals surface area (Å²) >= 11 is 4.86. The van der Waals surface area contributed by atoms with E-state index in [2.05, 4.69) is 36.6 Å². The van der Waals surface area contributed by atoms with Crippen molar-refractivity contribution in [1.82, 2.24) is 15.3 Å². The molecule has 0 fully saturated rings. The Bertz CT molecular complexity index is 590. The summed E-state index contributed by atoms with van der Waals surface area (Å²) in [5.74, 6) is 5.63. The van der Waals surface area contributed by atoms with E-state index >= 15 is 0 Å². The maximum absolute atomic E-state index is 12.2. The SMILES string of the molecule is CC(CNC(=O)c1cc(Br)cnc1NN)c1nccs1. The normalized spacial score (nSPS) is 11.9. The molecule has 106 valence electrons. The monoisotopic (exact) mass is 355 g/mol. The van der Waals surface area contributed by atoms with Gasteiger partial charge in [-0.05, 0) is 22.0 Å². The van der Waals surface area contributed by atoms with Crippen molar-refractivity contribution in [3.05, 3.63) is 38.9 Å². The van der Waals surface area contributed by atoms with E-state index in [9.17, 15) is 4.79 Å². The third-order valence-electron chi connectivity index (χ3n) is 2.68. The fourth-order valence-corrected chi connectivity index (χ4v) is 2.66. The van der Waals surface area contributed by atoms with Gasteiger partial charge in [0.1, 0.15) is 0 Å². The Kier molecular flexibility index (Phi) is 5.05. The highest BCUT2D eigenvalue weighted by atomic mass is 79.9. The van der Waals surface area contributed by atoms with Crippen LogP contribution in [0.5, 0.6) is 0 Å². The van der Waals surface area contributed by atoms with Crippen LogP contribution < -0.4 is 16.6 Å². The van der Waals surface area contributed by atoms with Crippen LogP contribution in [0.1, 0.15) is 28.2 Å². The molecule has 0 aliphatic heterocycles. The zero-order valence-corrected chi connectivity index (χ0v) is 13.2. The molecule has 0 aromatic carbocycles. The van der Waals surface area contributed by atoms with Crippen molar-refractivity contribution in [2.45, 2.75) is 12.8 Å². The summed E-state index contributed by atoms with van der Waals surface area (Å²) in [6.45, 7) is 2.52. The minimum Gasteiger partial charge on any atom is -0.351 e. The van der Waals surface area contributed by atoms with Gasteiger partial charge in [-0.2, -0.15) is 0 Å². The Morgan fingerprint density at radius 2 is 2.35 bits per heavy atom. The molecule has 0 saturated carbocycles. The molecule has 0 aliphatic rings. The van der Waals surface area contributed by atoms with Gasteiger partial charge in [-0.25, -0.2) is 15.8 Å². The lowest BCUT2D eigenvalue weighted by Gasteiger charge is -2.12. The van der Waals surface area contributed by atoms with Crippen LogP contribution in [0.3, 0.4) is 0 Å². The molecule has 0 radical (unpaired) electrons. The molecule has 2 aromatic heterocycles. The molecule has 2 aromatic rings. The van der Waals surface area contributed by atoms with E-state index in [1.165, 1.54) is 0 Å². The van der Waals surface area contributed by atoms with Crippen LogP contribution in [0.2, 0.25) is 0 Å². The fourth-order valence-electron chi connectivity index (χ4n) is 1.63. The summed E-state index contributed by atoms with van der Waals surface area (Å²) in [7, 11) is 0. The van der Waals surface area contributed by atoms with Crippen molar-refractivity contribution in [3.8, 4) is 0 Å². The van der Waals surface area contributed by atoms with Crippen LogP contribution >= 0.6 is 27.3 Å². The average molecular weight is 356 g/mol. The van der Waals surface area contributed by atoms with Gasteiger partial charge in [-0.15, -0.1) is 11.3 Å². The summed E-state index contributed by atoms with van der Waals surface area (Å²) in [5, 5.41) is 5.77. The minimum absolute atomic E-state index is 0.161. The lowest BCUT2D eigenvalue weighted by atomic mass is 10.2. The number of halogens is 1. The number of nitrogens with one attached hydrogen (secondary N) is 2. The molecule has 0 bridgehead atoms. The molecule has 2 rings (SSSR count). The van der Waals surface area contributed by atoms with E-state index in [0.29, 0.717) is 17.9 Å². The number of nitrogen functional groups attached to an aromatic ring is 1. The van der Waals surface area contributed by atoms with E-state index in [0.717, 1.165) is 9.48 Å². The van der Waals surface area contributed by atoms with Gasteiger partial charge in [-0.3, -0.25) is 4.79 Å². The molecule has 1 atom stereocenters. The Morgan fingerprint density at radius 1 is 1.55 bits per heavy atom. The number of nitrogens with zero attached hydrogens (tertiary/aromatic N) is 2. The average Bonchev–Trinajstić information content (AvgIpc) is 2.98. The lowest BCUT2D eigenvalue weighted by molar-refractivity contribution is 0.0952. The van der Waals surface area contributed by atoms with E-state index in [4.69, 9.17) is 5.84 Å². The van der Waals surface area contributed by atoms with Gasteiger partial charge in [-0.1, -0.05) is 6.92 Å². The van der Waals surface area contributed by atoms with E-state index in [1.54, 1.807) is 29.8 Å². The molecule has 8 heteroatoms. The topological polar surface area (TPSA) is 92.9 Å². The summed E-state index contributed by atoms with van der Waals surface area (Å²) in [6.07, 6.45) is 3.33. The van der Waals surface area contributed by atoms with Crippen LogP contribution in [0, 0.1) is 0 Å². The second-order valence-electron chi connectivity index (χ2n) is 4.18. The van der Waals surface area contributed by atoms with Crippen LogP contribution in [-0.4, -0.2) is 22.4 Å². The van der Waals surface area contributed by atoms with Crippen LogP contribution in [0.15, 0.2) is 28.3 Å². The number of carbonyl (C=O) groups excluding carboxylic acids is 1. The lowest BCUT2D eigenvalue weighted by Crippen LogP contribution is -2.29. The second kappa shape index (κ2) is 6.78. The molecule has 4 N–H and O–H groups in total. The van der Waals surface area contributed by atoms with Crippen molar-refractivity contribution in [2.75, 3.05) is 12.0 Å². The van der Waals surface area contributed by atoms with Crippen molar-refractivity contribution < 1.29 is 4.79 Å². The Balaban J connectivity index is 2.03. The third-order valence-corrected chi connectivity index (χ3v) is 4.12.